The highest BCUT2D eigenvalue weighted by Crippen LogP contribution is 2.28. The molecule has 3 aromatic carbocycles. The molecular formula is C29H32N4O2S. The molecule has 0 fully saturated rings. The van der Waals surface area contributed by atoms with Crippen LogP contribution in [-0.4, -0.2) is 35.0 Å². The SMILES string of the molecule is CCOC(=O)CCN(Cc1ccccc1)c1nsc(NCCC(c2ccccc2)c2ccccc2)n1. The molecule has 1 heterocycles. The van der Waals surface area contributed by atoms with Crippen LogP contribution in [-0.2, 0) is 16.1 Å². The highest BCUT2D eigenvalue weighted by atomic mass is 32.1. The number of nitrogens with zero attached hydrogens (tertiary/aromatic N) is 3. The highest BCUT2D eigenvalue weighted by Gasteiger charge is 2.17. The number of carbonyl (C=O) groups is 1. The van der Waals surface area contributed by atoms with E-state index < -0.39 is 0 Å². The maximum absolute atomic E-state index is 12.0. The molecule has 0 aliphatic carbocycles. The first-order valence-corrected chi connectivity index (χ1v) is 13.1. The largest absolute Gasteiger partial charge is 0.466 e. The number of hydrogen-bond donors (Lipinski definition) is 1. The second kappa shape index (κ2) is 13.4. The van der Waals surface area contributed by atoms with Crippen LogP contribution in [0.5, 0.6) is 0 Å². The molecule has 0 atom stereocenters. The summed E-state index contributed by atoms with van der Waals surface area (Å²) in [6.45, 7) is 4.09. The summed E-state index contributed by atoms with van der Waals surface area (Å²) in [5.41, 5.74) is 3.74. The van der Waals surface area contributed by atoms with Gasteiger partial charge in [0.15, 0.2) is 0 Å². The molecule has 4 aromatic rings. The molecular weight excluding hydrogens is 468 g/mol. The lowest BCUT2D eigenvalue weighted by molar-refractivity contribution is -0.142. The van der Waals surface area contributed by atoms with Crippen molar-refractivity contribution in [1.82, 2.24) is 9.36 Å². The number of hydrogen-bond acceptors (Lipinski definition) is 7. The molecule has 1 aromatic heterocycles. The normalized spacial score (nSPS) is 10.8. The second-order valence-corrected chi connectivity index (χ2v) is 9.20. The maximum Gasteiger partial charge on any atom is 0.307 e. The molecule has 4 rings (SSSR count). The Bertz CT molecular complexity index is 1150. The van der Waals surface area contributed by atoms with Gasteiger partial charge in [-0.2, -0.15) is 9.36 Å². The van der Waals surface area contributed by atoms with Gasteiger partial charge in [0.25, 0.3) is 0 Å². The van der Waals surface area contributed by atoms with Crippen molar-refractivity contribution in [1.29, 1.82) is 0 Å². The molecule has 0 saturated heterocycles. The van der Waals surface area contributed by atoms with Crippen LogP contribution < -0.4 is 10.2 Å². The van der Waals surface area contributed by atoms with Crippen molar-refractivity contribution in [2.24, 2.45) is 0 Å². The van der Waals surface area contributed by atoms with Gasteiger partial charge in [0.1, 0.15) is 0 Å². The zero-order valence-electron chi connectivity index (χ0n) is 20.5. The topological polar surface area (TPSA) is 67.3 Å². The summed E-state index contributed by atoms with van der Waals surface area (Å²) in [4.78, 5) is 18.8. The van der Waals surface area contributed by atoms with Crippen molar-refractivity contribution in [3.05, 3.63) is 108 Å². The first-order valence-electron chi connectivity index (χ1n) is 12.3. The van der Waals surface area contributed by atoms with Gasteiger partial charge in [0, 0.05) is 37.1 Å². The number of carbonyl (C=O) groups excluding carboxylic acids is 1. The molecule has 0 aliphatic heterocycles. The van der Waals surface area contributed by atoms with Crippen LogP contribution in [0.3, 0.4) is 0 Å². The summed E-state index contributed by atoms with van der Waals surface area (Å²) in [6, 6.07) is 31.4. The summed E-state index contributed by atoms with van der Waals surface area (Å²) in [5.74, 6) is 0.710. The average Bonchev–Trinajstić information content (AvgIpc) is 3.39. The molecule has 0 saturated carbocycles. The van der Waals surface area contributed by atoms with Gasteiger partial charge in [-0.05, 0) is 30.0 Å². The van der Waals surface area contributed by atoms with Crippen LogP contribution in [0, 0.1) is 0 Å². The molecule has 36 heavy (non-hydrogen) atoms. The molecule has 0 spiro atoms. The molecule has 6 nitrogen and oxygen atoms in total. The zero-order chi connectivity index (χ0) is 25.0. The van der Waals surface area contributed by atoms with E-state index in [4.69, 9.17) is 9.72 Å². The number of anilines is 2. The monoisotopic (exact) mass is 500 g/mol. The van der Waals surface area contributed by atoms with Crippen molar-refractivity contribution in [2.45, 2.75) is 32.2 Å². The molecule has 186 valence electrons. The highest BCUT2D eigenvalue weighted by molar-refractivity contribution is 7.09. The van der Waals surface area contributed by atoms with Gasteiger partial charge < -0.3 is 15.0 Å². The fourth-order valence-corrected chi connectivity index (χ4v) is 4.76. The van der Waals surface area contributed by atoms with Gasteiger partial charge in [-0.1, -0.05) is 91.0 Å². The summed E-state index contributed by atoms with van der Waals surface area (Å²) < 4.78 is 9.71. The fourth-order valence-electron chi connectivity index (χ4n) is 4.15. The van der Waals surface area contributed by atoms with E-state index in [2.05, 4.69) is 82.5 Å². The standard InChI is InChI=1S/C29H32N4O2S/c1-2-35-27(34)19-21-33(22-23-12-6-3-7-13-23)28-31-29(36-32-28)30-20-18-26(24-14-8-4-9-15-24)25-16-10-5-11-17-25/h3-17,26H,2,18-22H2,1H3,(H,30,31,32). The Morgan fingerprint density at radius 1 is 0.944 bits per heavy atom. The van der Waals surface area contributed by atoms with Crippen LogP contribution in [0.25, 0.3) is 0 Å². The molecule has 0 unspecified atom stereocenters. The third kappa shape index (κ3) is 7.39. The van der Waals surface area contributed by atoms with Crippen LogP contribution in [0.2, 0.25) is 0 Å². The zero-order valence-corrected chi connectivity index (χ0v) is 21.4. The van der Waals surface area contributed by atoms with E-state index in [-0.39, 0.29) is 5.97 Å². The third-order valence-electron chi connectivity index (χ3n) is 5.92. The van der Waals surface area contributed by atoms with Crippen molar-refractivity contribution in [3.63, 3.8) is 0 Å². The molecule has 0 amide bonds. The molecule has 7 heteroatoms. The number of benzene rings is 3. The summed E-state index contributed by atoms with van der Waals surface area (Å²) in [6.07, 6.45) is 1.22. The van der Waals surface area contributed by atoms with Gasteiger partial charge in [0.05, 0.1) is 13.0 Å². The maximum atomic E-state index is 12.0. The van der Waals surface area contributed by atoms with Crippen molar-refractivity contribution in [2.75, 3.05) is 29.9 Å². The molecule has 0 aliphatic rings. The number of aromatic nitrogens is 2. The van der Waals surface area contributed by atoms with Crippen molar-refractivity contribution < 1.29 is 9.53 Å². The minimum Gasteiger partial charge on any atom is -0.466 e. The van der Waals surface area contributed by atoms with E-state index in [1.165, 1.54) is 22.7 Å². The predicted molar refractivity (Wildman–Crippen MR) is 146 cm³/mol. The van der Waals surface area contributed by atoms with Gasteiger partial charge in [-0.3, -0.25) is 4.79 Å². The Morgan fingerprint density at radius 3 is 2.17 bits per heavy atom. The minimum atomic E-state index is -0.211. The number of rotatable bonds is 13. The van der Waals surface area contributed by atoms with E-state index >= 15 is 0 Å². The van der Waals surface area contributed by atoms with E-state index in [1.54, 1.807) is 0 Å². The molecule has 1 N–H and O–H groups in total. The van der Waals surface area contributed by atoms with E-state index in [0.717, 1.165) is 23.7 Å². The Labute approximate surface area is 217 Å². The van der Waals surface area contributed by atoms with Crippen LogP contribution >= 0.6 is 11.5 Å². The summed E-state index contributed by atoms with van der Waals surface area (Å²) in [7, 11) is 0. The first-order chi connectivity index (χ1) is 17.7. The van der Waals surface area contributed by atoms with Gasteiger partial charge in [0.2, 0.25) is 11.1 Å². The van der Waals surface area contributed by atoms with Gasteiger partial charge in [-0.25, -0.2) is 0 Å². The minimum absolute atomic E-state index is 0.211. The van der Waals surface area contributed by atoms with E-state index in [0.29, 0.717) is 38.0 Å². The van der Waals surface area contributed by atoms with Crippen molar-refractivity contribution in [3.8, 4) is 0 Å². The molecule has 0 bridgehead atoms. The summed E-state index contributed by atoms with van der Waals surface area (Å²) >= 11 is 1.35. The van der Waals surface area contributed by atoms with Crippen LogP contribution in [0.4, 0.5) is 11.1 Å². The number of nitrogens with one attached hydrogen (secondary N) is 1. The Hall–Kier alpha value is -3.71. The van der Waals surface area contributed by atoms with E-state index in [9.17, 15) is 4.79 Å². The molecule has 0 radical (unpaired) electrons. The third-order valence-corrected chi connectivity index (χ3v) is 6.58. The first kappa shape index (κ1) is 25.4. The number of esters is 1. The predicted octanol–water partition coefficient (Wildman–Crippen LogP) is 6.13. The van der Waals surface area contributed by atoms with Crippen LogP contribution in [0.15, 0.2) is 91.0 Å². The summed E-state index contributed by atoms with van der Waals surface area (Å²) in [5, 5.41) is 4.24. The van der Waals surface area contributed by atoms with Gasteiger partial charge >= 0.3 is 5.97 Å². The Balaban J connectivity index is 1.41. The van der Waals surface area contributed by atoms with Crippen molar-refractivity contribution >= 4 is 28.6 Å². The number of ether oxygens (including phenoxy) is 1. The van der Waals surface area contributed by atoms with Crippen LogP contribution in [0.1, 0.15) is 42.4 Å². The Morgan fingerprint density at radius 2 is 1.56 bits per heavy atom. The second-order valence-electron chi connectivity index (χ2n) is 8.45. The Kier molecular flexibility index (Phi) is 9.45. The average molecular weight is 501 g/mol. The smallest absolute Gasteiger partial charge is 0.307 e. The lowest BCUT2D eigenvalue weighted by Gasteiger charge is -2.20. The van der Waals surface area contributed by atoms with Gasteiger partial charge in [-0.15, -0.1) is 0 Å². The van der Waals surface area contributed by atoms with E-state index in [1.807, 2.05) is 30.0 Å². The lowest BCUT2D eigenvalue weighted by atomic mass is 9.88. The fraction of sp³-hybridized carbons (Fsp3) is 0.276. The quantitative estimate of drug-likeness (QED) is 0.223. The lowest BCUT2D eigenvalue weighted by Crippen LogP contribution is -2.27.